The number of rotatable bonds is 6. The van der Waals surface area contributed by atoms with Crippen LogP contribution in [0, 0.1) is 17.1 Å². The van der Waals surface area contributed by atoms with E-state index in [9.17, 15) is 32.4 Å². The van der Waals surface area contributed by atoms with Gasteiger partial charge in [-0.15, -0.1) is 0 Å². The lowest BCUT2D eigenvalue weighted by molar-refractivity contribution is -0.153. The third kappa shape index (κ3) is 5.58. The first-order valence-electron chi connectivity index (χ1n) is 9.81. The molecule has 0 unspecified atom stereocenters. The molecule has 2 heterocycles. The molecule has 0 fully saturated rings. The van der Waals surface area contributed by atoms with Gasteiger partial charge in [-0.1, -0.05) is 0 Å². The van der Waals surface area contributed by atoms with Crippen LogP contribution >= 0.6 is 0 Å². The van der Waals surface area contributed by atoms with E-state index in [0.717, 1.165) is 22.8 Å². The van der Waals surface area contributed by atoms with Gasteiger partial charge in [0.1, 0.15) is 17.1 Å². The molecule has 0 atom stereocenters. The van der Waals surface area contributed by atoms with E-state index in [1.54, 1.807) is 19.9 Å². The van der Waals surface area contributed by atoms with E-state index < -0.39 is 41.2 Å². The first-order chi connectivity index (χ1) is 15.9. The number of nitriles is 1. The summed E-state index contributed by atoms with van der Waals surface area (Å²) >= 11 is 0. The number of hydrogen-bond donors (Lipinski definition) is 1. The Bertz CT molecular complexity index is 1310. The Labute approximate surface area is 191 Å². The Morgan fingerprint density at radius 3 is 2.56 bits per heavy atom. The largest absolute Gasteiger partial charge is 0.482 e. The number of ether oxygens (including phenoxy) is 1. The quantitative estimate of drug-likeness (QED) is 0.536. The molecule has 0 radical (unpaired) electrons. The van der Waals surface area contributed by atoms with Crippen LogP contribution in [-0.4, -0.2) is 28.2 Å². The normalized spacial score (nSPS) is 11.6. The van der Waals surface area contributed by atoms with E-state index in [-0.39, 0.29) is 16.9 Å². The second kappa shape index (κ2) is 9.35. The molecule has 1 amide bonds. The van der Waals surface area contributed by atoms with Crippen LogP contribution in [0.2, 0.25) is 0 Å². The smallest absolute Gasteiger partial charge is 0.422 e. The molecular weight excluding hydrogens is 456 g/mol. The van der Waals surface area contributed by atoms with Crippen molar-refractivity contribution >= 4 is 11.6 Å². The van der Waals surface area contributed by atoms with Crippen molar-refractivity contribution < 1.29 is 27.1 Å². The Morgan fingerprint density at radius 1 is 1.21 bits per heavy atom. The lowest BCUT2D eigenvalue weighted by atomic mass is 9.91. The SMILES string of the molecule is CC(C)(C#N)c1ccc(NC(=O)c2cccn(-c3ccc(F)cc3OCC(F)(F)F)c2=O)cn1. The molecule has 11 heteroatoms. The van der Waals surface area contributed by atoms with E-state index in [1.165, 1.54) is 30.6 Å². The summed E-state index contributed by atoms with van der Waals surface area (Å²) in [6.45, 7) is 1.67. The van der Waals surface area contributed by atoms with Gasteiger partial charge in [-0.2, -0.15) is 18.4 Å². The van der Waals surface area contributed by atoms with E-state index >= 15 is 0 Å². The topological polar surface area (TPSA) is 97.0 Å². The van der Waals surface area contributed by atoms with Gasteiger partial charge in [0.05, 0.1) is 34.7 Å². The highest BCUT2D eigenvalue weighted by molar-refractivity contribution is 6.03. The van der Waals surface area contributed by atoms with Gasteiger partial charge in [-0.05, 0) is 50.2 Å². The molecular formula is C23H18F4N4O3. The molecule has 0 bridgehead atoms. The molecule has 0 aliphatic rings. The maximum atomic E-state index is 13.6. The molecule has 1 aromatic carbocycles. The maximum absolute atomic E-state index is 13.6. The molecule has 3 rings (SSSR count). The summed E-state index contributed by atoms with van der Waals surface area (Å²) in [7, 11) is 0. The highest BCUT2D eigenvalue weighted by atomic mass is 19.4. The van der Waals surface area contributed by atoms with Crippen molar-refractivity contribution in [1.82, 2.24) is 9.55 Å². The van der Waals surface area contributed by atoms with Crippen LogP contribution in [0.3, 0.4) is 0 Å². The lowest BCUT2D eigenvalue weighted by Crippen LogP contribution is -2.28. The van der Waals surface area contributed by atoms with Gasteiger partial charge < -0.3 is 10.1 Å². The first-order valence-corrected chi connectivity index (χ1v) is 9.81. The lowest BCUT2D eigenvalue weighted by Gasteiger charge is -2.16. The average molecular weight is 474 g/mol. The summed E-state index contributed by atoms with van der Waals surface area (Å²) in [5.41, 5.74) is -1.45. The van der Waals surface area contributed by atoms with Crippen LogP contribution < -0.4 is 15.6 Å². The van der Waals surface area contributed by atoms with E-state index in [4.69, 9.17) is 0 Å². The van der Waals surface area contributed by atoms with Crippen molar-refractivity contribution in [3.05, 3.63) is 82.3 Å². The summed E-state index contributed by atoms with van der Waals surface area (Å²) in [6.07, 6.45) is -2.13. The van der Waals surface area contributed by atoms with Crippen molar-refractivity contribution in [2.75, 3.05) is 11.9 Å². The summed E-state index contributed by atoms with van der Waals surface area (Å²) < 4.78 is 56.9. The summed E-state index contributed by atoms with van der Waals surface area (Å²) in [6, 6.07) is 10.5. The van der Waals surface area contributed by atoms with Gasteiger partial charge >= 0.3 is 6.18 Å². The number of nitrogens with zero attached hydrogens (tertiary/aromatic N) is 3. The highest BCUT2D eigenvalue weighted by Gasteiger charge is 2.29. The molecule has 0 saturated carbocycles. The molecule has 0 spiro atoms. The minimum absolute atomic E-state index is 0.171. The van der Waals surface area contributed by atoms with Crippen LogP contribution in [0.5, 0.6) is 5.75 Å². The number of aromatic nitrogens is 2. The predicted octanol–water partition coefficient (Wildman–Crippen LogP) is 4.37. The van der Waals surface area contributed by atoms with E-state index in [2.05, 4.69) is 21.1 Å². The van der Waals surface area contributed by atoms with Crippen molar-refractivity contribution in [2.45, 2.75) is 25.4 Å². The van der Waals surface area contributed by atoms with Gasteiger partial charge in [0, 0.05) is 12.3 Å². The second-order valence-electron chi connectivity index (χ2n) is 7.74. The summed E-state index contributed by atoms with van der Waals surface area (Å²) in [4.78, 5) is 29.8. The molecule has 0 saturated heterocycles. The molecule has 0 aliphatic heterocycles. The molecule has 7 nitrogen and oxygen atoms in total. The summed E-state index contributed by atoms with van der Waals surface area (Å²) in [5.74, 6) is -2.18. The van der Waals surface area contributed by atoms with Crippen LogP contribution in [0.4, 0.5) is 23.2 Å². The van der Waals surface area contributed by atoms with Crippen molar-refractivity contribution in [2.24, 2.45) is 0 Å². The Kier molecular flexibility index (Phi) is 6.72. The Hall–Kier alpha value is -4.20. The van der Waals surface area contributed by atoms with Crippen LogP contribution in [0.25, 0.3) is 5.69 Å². The fourth-order valence-electron chi connectivity index (χ4n) is 2.91. The third-order valence-corrected chi connectivity index (χ3v) is 4.71. The molecule has 34 heavy (non-hydrogen) atoms. The number of benzene rings is 1. The van der Waals surface area contributed by atoms with Gasteiger partial charge in [-0.3, -0.25) is 19.1 Å². The Balaban J connectivity index is 1.91. The molecule has 3 aromatic rings. The zero-order chi connectivity index (χ0) is 25.1. The minimum atomic E-state index is -4.68. The monoisotopic (exact) mass is 474 g/mol. The number of amides is 1. The molecule has 176 valence electrons. The number of carbonyl (C=O) groups excluding carboxylic acids is 1. The number of anilines is 1. The number of halogens is 4. The zero-order valence-corrected chi connectivity index (χ0v) is 18.0. The van der Waals surface area contributed by atoms with E-state index in [0.29, 0.717) is 5.69 Å². The molecule has 2 aromatic heterocycles. The fraction of sp³-hybridized carbons (Fsp3) is 0.217. The third-order valence-electron chi connectivity index (χ3n) is 4.71. The van der Waals surface area contributed by atoms with Crippen molar-refractivity contribution in [3.8, 4) is 17.5 Å². The van der Waals surface area contributed by atoms with Gasteiger partial charge in [-0.25, -0.2) is 4.39 Å². The second-order valence-corrected chi connectivity index (χ2v) is 7.74. The van der Waals surface area contributed by atoms with Crippen LogP contribution in [0.15, 0.2) is 59.7 Å². The van der Waals surface area contributed by atoms with Crippen LogP contribution in [-0.2, 0) is 5.41 Å². The first kappa shape index (κ1) is 24.4. The minimum Gasteiger partial charge on any atom is -0.482 e. The van der Waals surface area contributed by atoms with Gasteiger partial charge in [0.2, 0.25) is 0 Å². The number of alkyl halides is 3. The summed E-state index contributed by atoms with van der Waals surface area (Å²) in [5, 5.41) is 11.7. The molecule has 1 N–H and O–H groups in total. The number of pyridine rings is 2. The number of nitrogens with one attached hydrogen (secondary N) is 1. The van der Waals surface area contributed by atoms with Crippen molar-refractivity contribution in [1.29, 1.82) is 5.26 Å². The standard InChI is InChI=1S/C23H18F4N4O3/c1-22(2,12-28)19-8-6-15(11-29-19)30-20(32)16-4-3-9-31(21(16)33)17-7-5-14(24)10-18(17)34-13-23(25,26)27/h3-11H,13H2,1-2H3,(H,30,32). The zero-order valence-electron chi connectivity index (χ0n) is 18.0. The van der Waals surface area contributed by atoms with Crippen LogP contribution in [0.1, 0.15) is 29.9 Å². The fourth-order valence-corrected chi connectivity index (χ4v) is 2.91. The molecule has 0 aliphatic carbocycles. The number of hydrogen-bond acceptors (Lipinski definition) is 5. The average Bonchev–Trinajstić information content (AvgIpc) is 2.78. The van der Waals surface area contributed by atoms with Gasteiger partial charge in [0.15, 0.2) is 6.61 Å². The Morgan fingerprint density at radius 2 is 1.94 bits per heavy atom. The predicted molar refractivity (Wildman–Crippen MR) is 114 cm³/mol. The van der Waals surface area contributed by atoms with Gasteiger partial charge in [0.25, 0.3) is 11.5 Å². The highest BCUT2D eigenvalue weighted by Crippen LogP contribution is 2.26. The maximum Gasteiger partial charge on any atom is 0.422 e. The number of carbonyl (C=O) groups is 1. The van der Waals surface area contributed by atoms with E-state index in [1.807, 2.05) is 0 Å². The van der Waals surface area contributed by atoms with Crippen molar-refractivity contribution in [3.63, 3.8) is 0 Å².